The van der Waals surface area contributed by atoms with Gasteiger partial charge in [-0.15, -0.1) is 11.3 Å². The number of pyridine rings is 1. The lowest BCUT2D eigenvalue weighted by molar-refractivity contribution is -0.586. The van der Waals surface area contributed by atoms with Crippen LogP contribution in [0.1, 0.15) is 15.4 Å². The lowest BCUT2D eigenvalue weighted by Crippen LogP contribution is -2.33. The van der Waals surface area contributed by atoms with Gasteiger partial charge < -0.3 is 9.94 Å². The number of hydrogen-bond acceptors (Lipinski definition) is 5. The van der Waals surface area contributed by atoms with Crippen LogP contribution in [0, 0.1) is 5.21 Å². The fourth-order valence-electron chi connectivity index (χ4n) is 2.77. The zero-order valence-corrected chi connectivity index (χ0v) is 14.8. The van der Waals surface area contributed by atoms with Crippen molar-refractivity contribution in [3.8, 4) is 10.6 Å². The first-order valence-corrected chi connectivity index (χ1v) is 8.79. The van der Waals surface area contributed by atoms with Crippen LogP contribution in [0.4, 0.5) is 0 Å². The largest absolute Gasteiger partial charge is 0.618 e. The molecule has 3 aromatic heterocycles. The van der Waals surface area contributed by atoms with E-state index in [0.29, 0.717) is 22.6 Å². The topological polar surface area (TPSA) is 71.1 Å². The molecule has 26 heavy (non-hydrogen) atoms. The number of esters is 1. The quantitative estimate of drug-likeness (QED) is 0.316. The summed E-state index contributed by atoms with van der Waals surface area (Å²) in [6.07, 6.45) is 1.82. The molecule has 0 saturated heterocycles. The second kappa shape index (κ2) is 6.61. The number of para-hydroxylation sites is 1. The summed E-state index contributed by atoms with van der Waals surface area (Å²) in [5, 5.41) is 18.0. The first kappa shape index (κ1) is 16.3. The summed E-state index contributed by atoms with van der Waals surface area (Å²) in [5.41, 5.74) is 2.00. The molecule has 0 unspecified atom stereocenters. The van der Waals surface area contributed by atoms with Crippen molar-refractivity contribution < 1.29 is 14.3 Å². The molecule has 0 aliphatic carbocycles. The Labute approximate surface area is 153 Å². The Balaban J connectivity index is 1.60. The van der Waals surface area contributed by atoms with Gasteiger partial charge >= 0.3 is 5.97 Å². The van der Waals surface area contributed by atoms with Crippen LogP contribution in [0.5, 0.6) is 0 Å². The molecule has 0 N–H and O–H groups in total. The summed E-state index contributed by atoms with van der Waals surface area (Å²) in [4.78, 5) is 13.0. The summed E-state index contributed by atoms with van der Waals surface area (Å²) in [6, 6.07) is 16.7. The predicted molar refractivity (Wildman–Crippen MR) is 98.9 cm³/mol. The highest BCUT2D eigenvalue weighted by molar-refractivity contribution is 7.17. The van der Waals surface area contributed by atoms with Gasteiger partial charge in [-0.3, -0.25) is 4.68 Å². The minimum atomic E-state index is -0.357. The molecule has 7 heteroatoms. The minimum Gasteiger partial charge on any atom is -0.618 e. The lowest BCUT2D eigenvalue weighted by Gasteiger charge is -2.07. The summed E-state index contributed by atoms with van der Waals surface area (Å²) < 4.78 is 7.38. The van der Waals surface area contributed by atoms with Gasteiger partial charge in [-0.1, -0.05) is 12.1 Å². The highest BCUT2D eigenvalue weighted by atomic mass is 32.1. The number of carbonyl (C=O) groups is 1. The number of benzene rings is 1. The van der Waals surface area contributed by atoms with E-state index < -0.39 is 0 Å². The molecule has 1 aromatic carbocycles. The molecule has 6 nitrogen and oxygen atoms in total. The summed E-state index contributed by atoms with van der Waals surface area (Å²) in [5.74, 6) is -0.357. The van der Waals surface area contributed by atoms with Gasteiger partial charge in [0.25, 0.3) is 0 Å². The van der Waals surface area contributed by atoms with Crippen LogP contribution < -0.4 is 4.73 Å². The maximum atomic E-state index is 12.5. The molecule has 4 aromatic rings. The minimum absolute atomic E-state index is 0.357. The van der Waals surface area contributed by atoms with Gasteiger partial charge in [0, 0.05) is 23.7 Å². The monoisotopic (exact) mass is 365 g/mol. The molecule has 0 amide bonds. The standard InChI is InChI=1S/C19H15N3O3S/c1-25-19(23)18-9-8-17(26-18)15-10-11-21(20-15)12-14-7-6-13-4-2-3-5-16(13)22(14)24/h2-11H,12H2,1H3. The zero-order valence-electron chi connectivity index (χ0n) is 14.0. The van der Waals surface area contributed by atoms with Crippen LogP contribution in [-0.4, -0.2) is 22.9 Å². The van der Waals surface area contributed by atoms with Crippen molar-refractivity contribution in [1.82, 2.24) is 9.78 Å². The van der Waals surface area contributed by atoms with Gasteiger partial charge in [-0.25, -0.2) is 4.79 Å². The van der Waals surface area contributed by atoms with E-state index in [-0.39, 0.29) is 5.97 Å². The molecule has 4 rings (SSSR count). The van der Waals surface area contributed by atoms with Crippen LogP contribution in [0.15, 0.2) is 60.8 Å². The van der Waals surface area contributed by atoms with Crippen molar-refractivity contribution in [2.75, 3.05) is 7.11 Å². The number of fused-ring (bicyclic) bond motifs is 1. The number of hydrogen-bond donors (Lipinski definition) is 0. The molecule has 0 saturated carbocycles. The van der Waals surface area contributed by atoms with Crippen LogP contribution >= 0.6 is 11.3 Å². The molecule has 0 atom stereocenters. The molecule has 0 aliphatic heterocycles. The third-order valence-electron chi connectivity index (χ3n) is 4.08. The van der Waals surface area contributed by atoms with Gasteiger partial charge in [0.05, 0.1) is 12.0 Å². The Bertz CT molecular complexity index is 1100. The van der Waals surface area contributed by atoms with Crippen molar-refractivity contribution in [2.24, 2.45) is 0 Å². The van der Waals surface area contributed by atoms with Crippen LogP contribution in [0.25, 0.3) is 21.5 Å². The molecule has 0 fully saturated rings. The van der Waals surface area contributed by atoms with Crippen molar-refractivity contribution in [2.45, 2.75) is 6.54 Å². The van der Waals surface area contributed by atoms with Gasteiger partial charge in [0.2, 0.25) is 11.2 Å². The average molecular weight is 365 g/mol. The fourth-order valence-corrected chi connectivity index (χ4v) is 3.66. The third kappa shape index (κ3) is 2.93. The fraction of sp³-hybridized carbons (Fsp3) is 0.105. The molecule has 130 valence electrons. The van der Waals surface area contributed by atoms with E-state index in [4.69, 9.17) is 4.74 Å². The van der Waals surface area contributed by atoms with E-state index in [2.05, 4.69) is 5.10 Å². The maximum Gasteiger partial charge on any atom is 0.348 e. The molecule has 0 spiro atoms. The molecule has 0 bridgehead atoms. The molecular weight excluding hydrogens is 350 g/mol. The maximum absolute atomic E-state index is 12.5. The second-order valence-corrected chi connectivity index (χ2v) is 6.82. The predicted octanol–water partition coefficient (Wildman–Crippen LogP) is 3.23. The normalized spacial score (nSPS) is 11.0. The molecule has 0 aliphatic rings. The summed E-state index contributed by atoms with van der Waals surface area (Å²) in [7, 11) is 1.36. The first-order chi connectivity index (χ1) is 12.7. The number of aromatic nitrogens is 3. The number of ether oxygens (including phenoxy) is 1. The van der Waals surface area contributed by atoms with Crippen LogP contribution in [-0.2, 0) is 11.3 Å². The Morgan fingerprint density at radius 2 is 2.04 bits per heavy atom. The van der Waals surface area contributed by atoms with E-state index in [0.717, 1.165) is 20.7 Å². The van der Waals surface area contributed by atoms with Crippen LogP contribution in [0.2, 0.25) is 0 Å². The van der Waals surface area contributed by atoms with Crippen molar-refractivity contribution in [3.05, 3.63) is 76.6 Å². The molecule has 0 radical (unpaired) electrons. The third-order valence-corrected chi connectivity index (χ3v) is 5.17. The van der Waals surface area contributed by atoms with E-state index in [1.807, 2.05) is 48.7 Å². The van der Waals surface area contributed by atoms with E-state index >= 15 is 0 Å². The Morgan fingerprint density at radius 3 is 2.88 bits per heavy atom. The van der Waals surface area contributed by atoms with Gasteiger partial charge in [0.1, 0.15) is 17.1 Å². The number of rotatable bonds is 4. The average Bonchev–Trinajstić information content (AvgIpc) is 3.33. The van der Waals surface area contributed by atoms with Gasteiger partial charge in [0.15, 0.2) is 0 Å². The highest BCUT2D eigenvalue weighted by Gasteiger charge is 2.14. The van der Waals surface area contributed by atoms with E-state index in [1.165, 1.54) is 18.4 Å². The lowest BCUT2D eigenvalue weighted by atomic mass is 10.2. The summed E-state index contributed by atoms with van der Waals surface area (Å²) >= 11 is 1.33. The number of methoxy groups -OCH3 is 1. The number of nitrogens with zero attached hydrogens (tertiary/aromatic N) is 3. The smallest absolute Gasteiger partial charge is 0.348 e. The van der Waals surface area contributed by atoms with E-state index in [1.54, 1.807) is 16.8 Å². The summed E-state index contributed by atoms with van der Waals surface area (Å²) in [6.45, 7) is 0.365. The first-order valence-electron chi connectivity index (χ1n) is 7.98. The van der Waals surface area contributed by atoms with Gasteiger partial charge in [-0.05, 0) is 30.3 Å². The highest BCUT2D eigenvalue weighted by Crippen LogP contribution is 2.27. The van der Waals surface area contributed by atoms with Crippen molar-refractivity contribution in [3.63, 3.8) is 0 Å². The van der Waals surface area contributed by atoms with Crippen molar-refractivity contribution in [1.29, 1.82) is 0 Å². The Morgan fingerprint density at radius 1 is 1.19 bits per heavy atom. The van der Waals surface area contributed by atoms with Gasteiger partial charge in [-0.2, -0.15) is 9.83 Å². The number of carbonyl (C=O) groups excluding carboxylic acids is 1. The number of thiophene rings is 1. The zero-order chi connectivity index (χ0) is 18.1. The molecular formula is C19H15N3O3S. The Hall–Kier alpha value is -3.19. The van der Waals surface area contributed by atoms with Crippen LogP contribution in [0.3, 0.4) is 0 Å². The SMILES string of the molecule is COC(=O)c1ccc(-c2ccn(Cc3ccc4ccccc4[n+]3[O-])n2)s1. The van der Waals surface area contributed by atoms with E-state index in [9.17, 15) is 10.0 Å². The molecule has 3 heterocycles. The Kier molecular flexibility index (Phi) is 4.14. The second-order valence-electron chi connectivity index (χ2n) is 5.73. The van der Waals surface area contributed by atoms with Crippen molar-refractivity contribution >= 4 is 28.2 Å².